The van der Waals surface area contributed by atoms with E-state index in [0.29, 0.717) is 23.1 Å². The standard InChI is InChI=1S/C22H22FN3O2S/c1-3-13-26-21(14-28-20-8-6-5-7-18(20)23)24-25-22(26)29-15-19(27)17-11-9-16(4-2)10-12-17/h3,5-12H,1,4,13-15H2,2H3. The Bertz CT molecular complexity index is 986. The molecular formula is C22H22FN3O2S. The molecule has 0 amide bonds. The number of Topliss-reactive ketones (excluding diaryl/α,β-unsaturated/α-hetero) is 1. The lowest BCUT2D eigenvalue weighted by Crippen LogP contribution is -2.09. The molecule has 1 aromatic heterocycles. The number of halogens is 1. The second-order valence-electron chi connectivity index (χ2n) is 6.28. The molecule has 0 N–H and O–H groups in total. The van der Waals surface area contributed by atoms with E-state index in [-0.39, 0.29) is 23.9 Å². The summed E-state index contributed by atoms with van der Waals surface area (Å²) >= 11 is 1.31. The molecule has 0 fully saturated rings. The number of aromatic nitrogens is 3. The third-order valence-electron chi connectivity index (χ3n) is 4.32. The first-order chi connectivity index (χ1) is 14.1. The maximum absolute atomic E-state index is 13.7. The Morgan fingerprint density at radius 2 is 1.97 bits per heavy atom. The molecule has 0 bridgehead atoms. The van der Waals surface area contributed by atoms with Gasteiger partial charge in [0, 0.05) is 12.1 Å². The lowest BCUT2D eigenvalue weighted by atomic mass is 10.1. The van der Waals surface area contributed by atoms with Gasteiger partial charge in [0.2, 0.25) is 0 Å². The van der Waals surface area contributed by atoms with E-state index in [1.165, 1.54) is 23.4 Å². The van der Waals surface area contributed by atoms with Gasteiger partial charge in [0.15, 0.2) is 28.3 Å². The number of ether oxygens (including phenoxy) is 1. The largest absolute Gasteiger partial charge is 0.483 e. The average molecular weight is 412 g/mol. The van der Waals surface area contributed by atoms with Gasteiger partial charge >= 0.3 is 0 Å². The van der Waals surface area contributed by atoms with Gasteiger partial charge in [-0.25, -0.2) is 4.39 Å². The van der Waals surface area contributed by atoms with Crippen molar-refractivity contribution >= 4 is 17.5 Å². The molecule has 3 rings (SSSR count). The van der Waals surface area contributed by atoms with E-state index < -0.39 is 5.82 Å². The Morgan fingerprint density at radius 3 is 2.66 bits per heavy atom. The number of ketones is 1. The number of allylic oxidation sites excluding steroid dienone is 1. The number of hydrogen-bond donors (Lipinski definition) is 0. The van der Waals surface area contributed by atoms with Crippen molar-refractivity contribution < 1.29 is 13.9 Å². The first kappa shape index (κ1) is 20.8. The first-order valence-corrected chi connectivity index (χ1v) is 10.3. The van der Waals surface area contributed by atoms with Crippen molar-refractivity contribution in [2.75, 3.05) is 5.75 Å². The van der Waals surface area contributed by atoms with Crippen molar-refractivity contribution in [1.82, 2.24) is 14.8 Å². The molecule has 0 aliphatic rings. The normalized spacial score (nSPS) is 10.7. The van der Waals surface area contributed by atoms with Crippen LogP contribution in [-0.4, -0.2) is 26.3 Å². The number of rotatable bonds is 10. The van der Waals surface area contributed by atoms with Gasteiger partial charge < -0.3 is 4.74 Å². The summed E-state index contributed by atoms with van der Waals surface area (Å²) in [6.07, 6.45) is 2.65. The summed E-state index contributed by atoms with van der Waals surface area (Å²) in [6.45, 7) is 6.36. The lowest BCUT2D eigenvalue weighted by Gasteiger charge is -2.09. The zero-order chi connectivity index (χ0) is 20.6. The molecule has 2 aromatic carbocycles. The third kappa shape index (κ3) is 5.32. The molecular weight excluding hydrogens is 389 g/mol. The second kappa shape index (κ2) is 10.0. The van der Waals surface area contributed by atoms with E-state index in [2.05, 4.69) is 23.7 Å². The minimum absolute atomic E-state index is 0.0231. The zero-order valence-electron chi connectivity index (χ0n) is 16.2. The molecule has 0 unspecified atom stereocenters. The highest BCUT2D eigenvalue weighted by molar-refractivity contribution is 7.99. The first-order valence-electron chi connectivity index (χ1n) is 9.27. The van der Waals surface area contributed by atoms with Crippen molar-refractivity contribution in [3.05, 3.63) is 84.0 Å². The smallest absolute Gasteiger partial charge is 0.192 e. The Labute approximate surface area is 173 Å². The molecule has 150 valence electrons. The molecule has 1 heterocycles. The summed E-state index contributed by atoms with van der Waals surface area (Å²) in [4.78, 5) is 12.5. The molecule has 0 aliphatic carbocycles. The second-order valence-corrected chi connectivity index (χ2v) is 7.22. The van der Waals surface area contributed by atoms with Crippen LogP contribution in [0.5, 0.6) is 5.75 Å². The Morgan fingerprint density at radius 1 is 1.21 bits per heavy atom. The fourth-order valence-corrected chi connectivity index (χ4v) is 3.55. The van der Waals surface area contributed by atoms with Gasteiger partial charge in [-0.2, -0.15) is 0 Å². The average Bonchev–Trinajstić information content (AvgIpc) is 3.13. The summed E-state index contributed by atoms with van der Waals surface area (Å²) in [5, 5.41) is 8.90. The summed E-state index contributed by atoms with van der Waals surface area (Å²) in [5.41, 5.74) is 1.87. The van der Waals surface area contributed by atoms with Crippen LogP contribution in [-0.2, 0) is 19.6 Å². The third-order valence-corrected chi connectivity index (χ3v) is 5.28. The van der Waals surface area contributed by atoms with Crippen LogP contribution in [0.3, 0.4) is 0 Å². The number of carbonyl (C=O) groups excluding carboxylic acids is 1. The summed E-state index contributed by atoms with van der Waals surface area (Å²) in [6, 6.07) is 13.8. The quantitative estimate of drug-likeness (QED) is 0.274. The predicted octanol–water partition coefficient (Wildman–Crippen LogP) is 4.72. The van der Waals surface area contributed by atoms with Crippen LogP contribution in [0.25, 0.3) is 0 Å². The molecule has 3 aromatic rings. The zero-order valence-corrected chi connectivity index (χ0v) is 17.0. The Kier molecular flexibility index (Phi) is 7.19. The molecule has 0 saturated carbocycles. The molecule has 0 spiro atoms. The van der Waals surface area contributed by atoms with Gasteiger partial charge in [-0.15, -0.1) is 16.8 Å². The molecule has 0 saturated heterocycles. The fourth-order valence-electron chi connectivity index (χ4n) is 2.69. The van der Waals surface area contributed by atoms with E-state index in [1.807, 2.05) is 28.8 Å². The van der Waals surface area contributed by atoms with Crippen molar-refractivity contribution in [1.29, 1.82) is 0 Å². The highest BCUT2D eigenvalue weighted by Crippen LogP contribution is 2.21. The molecule has 0 aliphatic heterocycles. The molecule has 7 heteroatoms. The van der Waals surface area contributed by atoms with E-state index in [9.17, 15) is 9.18 Å². The monoisotopic (exact) mass is 411 g/mol. The number of para-hydroxylation sites is 1. The Balaban J connectivity index is 1.66. The van der Waals surface area contributed by atoms with Gasteiger partial charge in [-0.3, -0.25) is 9.36 Å². The van der Waals surface area contributed by atoms with E-state index in [1.54, 1.807) is 24.3 Å². The number of aryl methyl sites for hydroxylation is 1. The van der Waals surface area contributed by atoms with Gasteiger partial charge in [0.1, 0.15) is 6.61 Å². The highest BCUT2D eigenvalue weighted by Gasteiger charge is 2.15. The fraction of sp³-hybridized carbons (Fsp3) is 0.227. The van der Waals surface area contributed by atoms with Gasteiger partial charge in [0.05, 0.1) is 5.75 Å². The van der Waals surface area contributed by atoms with Crippen LogP contribution in [0.1, 0.15) is 28.7 Å². The van der Waals surface area contributed by atoms with Crippen LogP contribution < -0.4 is 4.74 Å². The van der Waals surface area contributed by atoms with Crippen LogP contribution >= 0.6 is 11.8 Å². The minimum Gasteiger partial charge on any atom is -0.483 e. The molecule has 5 nitrogen and oxygen atoms in total. The van der Waals surface area contributed by atoms with Gasteiger partial charge in [-0.1, -0.05) is 61.2 Å². The van der Waals surface area contributed by atoms with E-state index in [0.717, 1.165) is 6.42 Å². The summed E-state index contributed by atoms with van der Waals surface area (Å²) < 4.78 is 21.1. The highest BCUT2D eigenvalue weighted by atomic mass is 32.2. The molecule has 0 radical (unpaired) electrons. The molecule has 0 atom stereocenters. The number of nitrogens with zero attached hydrogens (tertiary/aromatic N) is 3. The van der Waals surface area contributed by atoms with Gasteiger partial charge in [0.25, 0.3) is 0 Å². The summed E-state index contributed by atoms with van der Waals surface area (Å²) in [7, 11) is 0. The lowest BCUT2D eigenvalue weighted by molar-refractivity contribution is 0.102. The number of hydrogen-bond acceptors (Lipinski definition) is 5. The molecule has 29 heavy (non-hydrogen) atoms. The van der Waals surface area contributed by atoms with Crippen LogP contribution in [0.2, 0.25) is 0 Å². The number of benzene rings is 2. The SMILES string of the molecule is C=CCn1c(COc2ccccc2F)nnc1SCC(=O)c1ccc(CC)cc1. The van der Waals surface area contributed by atoms with Crippen LogP contribution in [0.15, 0.2) is 66.3 Å². The number of carbonyl (C=O) groups is 1. The van der Waals surface area contributed by atoms with Crippen molar-refractivity contribution in [2.24, 2.45) is 0 Å². The number of thioether (sulfide) groups is 1. The van der Waals surface area contributed by atoms with E-state index in [4.69, 9.17) is 4.74 Å². The summed E-state index contributed by atoms with van der Waals surface area (Å²) in [5.74, 6) is 0.525. The van der Waals surface area contributed by atoms with E-state index >= 15 is 0 Å². The van der Waals surface area contributed by atoms with Crippen molar-refractivity contribution in [3.8, 4) is 5.75 Å². The van der Waals surface area contributed by atoms with Crippen LogP contribution in [0.4, 0.5) is 4.39 Å². The van der Waals surface area contributed by atoms with Crippen molar-refractivity contribution in [2.45, 2.75) is 31.7 Å². The van der Waals surface area contributed by atoms with Crippen LogP contribution in [0, 0.1) is 5.82 Å². The Hall–Kier alpha value is -2.93. The topological polar surface area (TPSA) is 57.0 Å². The van der Waals surface area contributed by atoms with Gasteiger partial charge in [-0.05, 0) is 24.1 Å². The maximum Gasteiger partial charge on any atom is 0.192 e. The van der Waals surface area contributed by atoms with Crippen molar-refractivity contribution in [3.63, 3.8) is 0 Å². The predicted molar refractivity (Wildman–Crippen MR) is 112 cm³/mol. The minimum atomic E-state index is -0.434. The maximum atomic E-state index is 13.7.